The molecule has 0 bridgehead atoms. The lowest BCUT2D eigenvalue weighted by atomic mass is 9.91. The second-order valence-electron chi connectivity index (χ2n) is 17.0. The molecular weight excluding hydrogens is 893 g/mol. The molecule has 68 heavy (non-hydrogen) atoms. The van der Waals surface area contributed by atoms with Crippen LogP contribution in [-0.4, -0.2) is 163 Å². The van der Waals surface area contributed by atoms with E-state index in [0.717, 1.165) is 61.5 Å². The van der Waals surface area contributed by atoms with Crippen LogP contribution in [0.4, 0.5) is 5.82 Å². The molecule has 1 aromatic carbocycles. The van der Waals surface area contributed by atoms with Gasteiger partial charge in [-0.25, -0.2) is 4.98 Å². The quantitative estimate of drug-likeness (QED) is 0.0603. The number of hydrogen-bond donors (Lipinski definition) is 2. The Morgan fingerprint density at radius 3 is 2.28 bits per heavy atom. The molecule has 19 heteroatoms. The largest absolute Gasteiger partial charge is 0.379 e. The Morgan fingerprint density at radius 1 is 0.794 bits per heavy atom. The number of likely N-dealkylation sites (tertiary alicyclic amines) is 1. The molecule has 3 aromatic rings. The lowest BCUT2D eigenvalue weighted by Gasteiger charge is -2.35. The van der Waals surface area contributed by atoms with E-state index in [1.165, 1.54) is 17.8 Å². The predicted octanol–water partition coefficient (Wildman–Crippen LogP) is 3.61. The summed E-state index contributed by atoms with van der Waals surface area (Å²) in [6, 6.07) is 11.5. The minimum atomic E-state index is -1.01. The second-order valence-corrected chi connectivity index (χ2v) is 18.1. The Bertz CT molecular complexity index is 2270. The van der Waals surface area contributed by atoms with Gasteiger partial charge in [-0.3, -0.25) is 48.8 Å². The number of imide groups is 2. The van der Waals surface area contributed by atoms with Gasteiger partial charge in [0.25, 0.3) is 17.7 Å². The van der Waals surface area contributed by atoms with Gasteiger partial charge in [-0.2, -0.15) is 0 Å². The molecule has 362 valence electrons. The highest BCUT2D eigenvalue weighted by Gasteiger charge is 2.45. The highest BCUT2D eigenvalue weighted by molar-refractivity contribution is 7.99. The normalized spacial score (nSPS) is 17.8. The van der Waals surface area contributed by atoms with Crippen molar-refractivity contribution in [1.29, 1.82) is 0 Å². The van der Waals surface area contributed by atoms with E-state index in [-0.39, 0.29) is 48.1 Å². The molecule has 0 aliphatic carbocycles. The summed E-state index contributed by atoms with van der Waals surface area (Å²) in [4.78, 5) is 105. The zero-order chi connectivity index (χ0) is 47.7. The molecule has 6 heterocycles. The van der Waals surface area contributed by atoms with Gasteiger partial charge in [-0.1, -0.05) is 25.0 Å². The number of carbonyl (C=O) groups excluding carboxylic acids is 7. The van der Waals surface area contributed by atoms with Crippen molar-refractivity contribution in [2.75, 3.05) is 96.1 Å². The molecule has 0 spiro atoms. The Kier molecular flexibility index (Phi) is 18.6. The van der Waals surface area contributed by atoms with Crippen molar-refractivity contribution < 1.29 is 47.8 Å². The summed E-state index contributed by atoms with van der Waals surface area (Å²) in [6.07, 6.45) is 13.8. The number of amides is 7. The maximum absolute atomic E-state index is 13.3. The van der Waals surface area contributed by atoms with Crippen LogP contribution < -0.4 is 15.5 Å². The third-order valence-corrected chi connectivity index (χ3v) is 13.4. The fourth-order valence-electron chi connectivity index (χ4n) is 8.64. The topological polar surface area (TPSA) is 210 Å². The Morgan fingerprint density at radius 2 is 1.56 bits per heavy atom. The smallest absolute Gasteiger partial charge is 0.263 e. The van der Waals surface area contributed by atoms with Gasteiger partial charge in [0, 0.05) is 87.5 Å². The zero-order valence-electron chi connectivity index (χ0n) is 38.3. The number of ether oxygens (including phenoxy) is 3. The number of fused-ring (bicyclic) bond motifs is 1. The van der Waals surface area contributed by atoms with E-state index in [2.05, 4.69) is 25.5 Å². The Labute approximate surface area is 400 Å². The number of aromatic nitrogens is 2. The minimum absolute atomic E-state index is 0.00319. The lowest BCUT2D eigenvalue weighted by molar-refractivity contribution is -0.136. The molecule has 3 fully saturated rings. The zero-order valence-corrected chi connectivity index (χ0v) is 39.1. The summed E-state index contributed by atoms with van der Waals surface area (Å²) in [5.41, 5.74) is 1.98. The molecule has 1 atom stereocenters. The SMILES string of the molecule is O=C(/C=C/c1cccnc1)NCCCCC1CCN(C(=O)c2ccc(N3CCN(C(=O)CCOCCOCCOCCSc4cccc5c4C(=O)N(C4CCC(=O)NC4=O)C5=O)CC3)nc2)CC1. The number of rotatable bonds is 23. The monoisotopic (exact) mass is 952 g/mol. The van der Waals surface area contributed by atoms with Gasteiger partial charge < -0.3 is 34.2 Å². The van der Waals surface area contributed by atoms with Crippen molar-refractivity contribution in [3.63, 3.8) is 0 Å². The first kappa shape index (κ1) is 49.9. The van der Waals surface area contributed by atoms with E-state index in [0.29, 0.717) is 94.5 Å². The van der Waals surface area contributed by atoms with Gasteiger partial charge in [0.15, 0.2) is 0 Å². The summed E-state index contributed by atoms with van der Waals surface area (Å²) >= 11 is 1.38. The molecule has 7 rings (SSSR count). The van der Waals surface area contributed by atoms with Crippen molar-refractivity contribution >= 4 is 65.0 Å². The molecule has 18 nitrogen and oxygen atoms in total. The van der Waals surface area contributed by atoms with Crippen molar-refractivity contribution in [3.05, 3.63) is 89.4 Å². The number of pyridine rings is 2. The average Bonchev–Trinajstić information content (AvgIpc) is 3.62. The third kappa shape index (κ3) is 13.8. The highest BCUT2D eigenvalue weighted by Crippen LogP contribution is 2.34. The maximum Gasteiger partial charge on any atom is 0.263 e. The fraction of sp³-hybridized carbons (Fsp3) is 0.490. The van der Waals surface area contributed by atoms with Crippen LogP contribution >= 0.6 is 11.8 Å². The summed E-state index contributed by atoms with van der Waals surface area (Å²) in [5, 5.41) is 5.15. The minimum Gasteiger partial charge on any atom is -0.379 e. The number of unbranched alkanes of at least 4 members (excludes halogenated alkanes) is 1. The molecular formula is C49H60N8O10S. The second kappa shape index (κ2) is 25.4. The van der Waals surface area contributed by atoms with E-state index >= 15 is 0 Å². The first-order chi connectivity index (χ1) is 33.2. The average molecular weight is 953 g/mol. The third-order valence-electron chi connectivity index (χ3n) is 12.4. The molecule has 0 radical (unpaired) electrons. The fourth-order valence-corrected chi connectivity index (χ4v) is 9.58. The Hall–Kier alpha value is -6.02. The molecule has 3 saturated heterocycles. The number of piperazine rings is 1. The number of carbonyl (C=O) groups is 7. The first-order valence-corrected chi connectivity index (χ1v) is 24.5. The van der Waals surface area contributed by atoms with Crippen molar-refractivity contribution in [2.45, 2.75) is 62.3 Å². The van der Waals surface area contributed by atoms with E-state index in [9.17, 15) is 33.6 Å². The van der Waals surface area contributed by atoms with Crippen LogP contribution in [0.1, 0.15) is 88.0 Å². The first-order valence-electron chi connectivity index (χ1n) is 23.5. The number of benzene rings is 1. The van der Waals surface area contributed by atoms with Crippen LogP contribution in [0.2, 0.25) is 0 Å². The van der Waals surface area contributed by atoms with Crippen molar-refractivity contribution in [1.82, 2.24) is 35.3 Å². The van der Waals surface area contributed by atoms with Crippen molar-refractivity contribution in [2.24, 2.45) is 5.92 Å². The van der Waals surface area contributed by atoms with Gasteiger partial charge in [-0.05, 0) is 73.6 Å². The number of piperidine rings is 2. The van der Waals surface area contributed by atoms with Gasteiger partial charge in [0.05, 0.1) is 62.8 Å². The number of nitrogens with zero attached hydrogens (tertiary/aromatic N) is 6. The molecule has 2 aromatic heterocycles. The molecule has 0 saturated carbocycles. The molecule has 1 unspecified atom stereocenters. The summed E-state index contributed by atoms with van der Waals surface area (Å²) in [7, 11) is 0. The molecule has 4 aliphatic heterocycles. The summed E-state index contributed by atoms with van der Waals surface area (Å²) in [6.45, 7) is 6.62. The van der Waals surface area contributed by atoms with Crippen LogP contribution in [0, 0.1) is 5.92 Å². The molecule has 2 N–H and O–H groups in total. The van der Waals surface area contributed by atoms with E-state index in [4.69, 9.17) is 14.2 Å². The van der Waals surface area contributed by atoms with Crippen LogP contribution in [0.15, 0.2) is 72.0 Å². The van der Waals surface area contributed by atoms with E-state index in [1.807, 2.05) is 34.1 Å². The van der Waals surface area contributed by atoms with Crippen molar-refractivity contribution in [3.8, 4) is 0 Å². The predicted molar refractivity (Wildman–Crippen MR) is 253 cm³/mol. The standard InChI is InChI=1S/C49H60N8O10S/c58-42(13-9-36-6-4-18-50-33-36)51-19-2-1-5-35-15-20-56(21-16-35)47(62)37-10-12-41(52-34-37)54-22-24-55(25-23-54)44(60)17-26-65-27-28-66-29-30-67-31-32-68-40-8-3-7-38-45(40)49(64)57(48(38)63)39-11-14-43(59)53-46(39)61/h3-4,6-10,12-13,18,33-35,39H,1-2,5,11,14-17,19-32H2,(H,51,58)(H,53,59,61)/b13-9+. The highest BCUT2D eigenvalue weighted by atomic mass is 32.2. The Balaban J connectivity index is 0.681. The maximum atomic E-state index is 13.3. The van der Waals surface area contributed by atoms with Gasteiger partial charge in [0.1, 0.15) is 11.9 Å². The lowest BCUT2D eigenvalue weighted by Crippen LogP contribution is -2.54. The molecule has 4 aliphatic rings. The van der Waals surface area contributed by atoms with Crippen LogP contribution in [0.5, 0.6) is 0 Å². The summed E-state index contributed by atoms with van der Waals surface area (Å²) < 4.78 is 16.9. The van der Waals surface area contributed by atoms with E-state index in [1.54, 1.807) is 42.9 Å². The van der Waals surface area contributed by atoms with Crippen LogP contribution in [0.25, 0.3) is 6.08 Å². The number of nitrogens with one attached hydrogen (secondary N) is 2. The number of anilines is 1. The van der Waals surface area contributed by atoms with Gasteiger partial charge in [0.2, 0.25) is 23.6 Å². The number of thioether (sulfide) groups is 1. The van der Waals surface area contributed by atoms with Crippen LogP contribution in [0.3, 0.4) is 0 Å². The van der Waals surface area contributed by atoms with E-state index < -0.39 is 29.7 Å². The summed E-state index contributed by atoms with van der Waals surface area (Å²) in [5.74, 6) is -0.310. The number of hydrogen-bond acceptors (Lipinski definition) is 14. The van der Waals surface area contributed by atoms with Gasteiger partial charge >= 0.3 is 0 Å². The molecule has 7 amide bonds. The van der Waals surface area contributed by atoms with Gasteiger partial charge in [-0.15, -0.1) is 11.8 Å². The van der Waals surface area contributed by atoms with Crippen LogP contribution in [-0.2, 0) is 33.4 Å².